The summed E-state index contributed by atoms with van der Waals surface area (Å²) in [5.74, 6) is -1.68. The number of ether oxygens (including phenoxy) is 1. The molecule has 0 bridgehead atoms. The van der Waals surface area contributed by atoms with Gasteiger partial charge in [-0.1, -0.05) is 30.3 Å². The third-order valence-electron chi connectivity index (χ3n) is 4.18. The van der Waals surface area contributed by atoms with Crippen LogP contribution in [0.4, 0.5) is 0 Å². The molecule has 3 unspecified atom stereocenters. The number of carboxylic acids is 1. The molecule has 1 N–H and O–H groups in total. The molecule has 0 radical (unpaired) electrons. The summed E-state index contributed by atoms with van der Waals surface area (Å²) in [6, 6.07) is 10.0. The lowest BCUT2D eigenvalue weighted by molar-refractivity contribution is -0.145. The minimum absolute atomic E-state index is 0.00729. The van der Waals surface area contributed by atoms with E-state index in [1.165, 1.54) is 5.56 Å². The predicted molar refractivity (Wildman–Crippen MR) is 75.7 cm³/mol. The lowest BCUT2D eigenvalue weighted by Gasteiger charge is -2.33. The van der Waals surface area contributed by atoms with Crippen molar-refractivity contribution in [2.45, 2.75) is 18.9 Å². The van der Waals surface area contributed by atoms with Crippen molar-refractivity contribution in [2.75, 3.05) is 19.7 Å². The van der Waals surface area contributed by atoms with Gasteiger partial charge in [-0.05, 0) is 12.0 Å². The van der Waals surface area contributed by atoms with Crippen molar-refractivity contribution >= 4 is 11.9 Å². The van der Waals surface area contributed by atoms with E-state index < -0.39 is 11.9 Å². The van der Waals surface area contributed by atoms with Gasteiger partial charge < -0.3 is 14.7 Å². The highest BCUT2D eigenvalue weighted by Gasteiger charge is 2.50. The molecule has 1 heterocycles. The van der Waals surface area contributed by atoms with Gasteiger partial charge in [-0.15, -0.1) is 0 Å². The molecule has 1 saturated heterocycles. The highest BCUT2D eigenvalue weighted by molar-refractivity contribution is 5.89. The topological polar surface area (TPSA) is 66.8 Å². The Bertz CT molecular complexity index is 530. The van der Waals surface area contributed by atoms with Crippen LogP contribution in [0.3, 0.4) is 0 Å². The summed E-state index contributed by atoms with van der Waals surface area (Å²) in [6.45, 7) is 1.64. The highest BCUT2D eigenvalue weighted by Crippen LogP contribution is 2.40. The molecule has 1 aliphatic carbocycles. The Morgan fingerprint density at radius 3 is 2.67 bits per heavy atom. The van der Waals surface area contributed by atoms with E-state index in [9.17, 15) is 9.59 Å². The summed E-state index contributed by atoms with van der Waals surface area (Å²) < 4.78 is 5.73. The van der Waals surface area contributed by atoms with Crippen molar-refractivity contribution in [3.63, 3.8) is 0 Å². The van der Waals surface area contributed by atoms with Crippen molar-refractivity contribution in [1.82, 2.24) is 4.90 Å². The molecule has 1 aromatic carbocycles. The second-order valence-electron chi connectivity index (χ2n) is 5.75. The van der Waals surface area contributed by atoms with E-state index in [0.29, 0.717) is 26.1 Å². The fraction of sp³-hybridized carbons (Fsp3) is 0.500. The van der Waals surface area contributed by atoms with Gasteiger partial charge in [0.05, 0.1) is 24.5 Å². The number of hydrogen-bond acceptors (Lipinski definition) is 3. The van der Waals surface area contributed by atoms with E-state index in [1.807, 2.05) is 30.3 Å². The van der Waals surface area contributed by atoms with E-state index in [2.05, 4.69) is 0 Å². The number of morpholine rings is 1. The van der Waals surface area contributed by atoms with Gasteiger partial charge in [0, 0.05) is 19.5 Å². The number of benzene rings is 1. The number of aliphatic carboxylic acids is 1. The van der Waals surface area contributed by atoms with Crippen LogP contribution in [-0.4, -0.2) is 47.7 Å². The molecule has 3 rings (SSSR count). The molecule has 112 valence electrons. The molecule has 0 spiro atoms. The Kier molecular flexibility index (Phi) is 3.92. The number of nitrogens with zero attached hydrogens (tertiary/aromatic N) is 1. The number of amides is 1. The van der Waals surface area contributed by atoms with Crippen LogP contribution in [0.2, 0.25) is 0 Å². The summed E-state index contributed by atoms with van der Waals surface area (Å²) in [7, 11) is 0. The molecule has 3 atom stereocenters. The molecule has 1 aliphatic heterocycles. The number of carbonyl (C=O) groups excluding carboxylic acids is 1. The van der Waals surface area contributed by atoms with Crippen LogP contribution >= 0.6 is 0 Å². The predicted octanol–water partition coefficient (Wildman–Crippen LogP) is 1.18. The lowest BCUT2D eigenvalue weighted by atomic mass is 10.1. The van der Waals surface area contributed by atoms with E-state index in [-0.39, 0.29) is 17.9 Å². The van der Waals surface area contributed by atoms with Crippen LogP contribution in [0.1, 0.15) is 12.0 Å². The molecular formula is C16H19NO4. The first-order valence-electron chi connectivity index (χ1n) is 7.32. The fourth-order valence-electron chi connectivity index (χ4n) is 2.90. The lowest BCUT2D eigenvalue weighted by Crippen LogP contribution is -2.47. The second kappa shape index (κ2) is 5.85. The molecule has 1 aromatic rings. The average molecular weight is 289 g/mol. The summed E-state index contributed by atoms with van der Waals surface area (Å²) >= 11 is 0. The summed E-state index contributed by atoms with van der Waals surface area (Å²) in [5.41, 5.74) is 1.19. The minimum Gasteiger partial charge on any atom is -0.481 e. The minimum atomic E-state index is -0.859. The maximum Gasteiger partial charge on any atom is 0.307 e. The van der Waals surface area contributed by atoms with Gasteiger partial charge in [-0.2, -0.15) is 0 Å². The van der Waals surface area contributed by atoms with Crippen molar-refractivity contribution in [3.05, 3.63) is 35.9 Å². The van der Waals surface area contributed by atoms with Crippen LogP contribution in [0.15, 0.2) is 30.3 Å². The average Bonchev–Trinajstić information content (AvgIpc) is 3.28. The smallest absolute Gasteiger partial charge is 0.307 e. The summed E-state index contributed by atoms with van der Waals surface area (Å²) in [4.78, 5) is 24.9. The van der Waals surface area contributed by atoms with Crippen molar-refractivity contribution in [1.29, 1.82) is 0 Å². The third-order valence-corrected chi connectivity index (χ3v) is 4.18. The van der Waals surface area contributed by atoms with Crippen molar-refractivity contribution in [3.8, 4) is 0 Å². The van der Waals surface area contributed by atoms with Gasteiger partial charge in [0.15, 0.2) is 0 Å². The van der Waals surface area contributed by atoms with Gasteiger partial charge in [0.25, 0.3) is 0 Å². The van der Waals surface area contributed by atoms with Crippen LogP contribution in [0, 0.1) is 11.8 Å². The first-order chi connectivity index (χ1) is 10.1. The summed E-state index contributed by atoms with van der Waals surface area (Å²) in [6.07, 6.45) is 1.25. The van der Waals surface area contributed by atoms with E-state index >= 15 is 0 Å². The first kappa shape index (κ1) is 14.1. The van der Waals surface area contributed by atoms with Gasteiger partial charge in [-0.3, -0.25) is 9.59 Å². The molecule has 2 aliphatic rings. The largest absolute Gasteiger partial charge is 0.481 e. The van der Waals surface area contributed by atoms with Crippen LogP contribution in [0.25, 0.3) is 0 Å². The number of hydrogen-bond donors (Lipinski definition) is 1. The van der Waals surface area contributed by atoms with E-state index in [0.717, 1.165) is 6.42 Å². The van der Waals surface area contributed by atoms with Gasteiger partial charge in [-0.25, -0.2) is 0 Å². The Hall–Kier alpha value is -1.88. The number of carbonyl (C=O) groups is 2. The van der Waals surface area contributed by atoms with E-state index in [1.54, 1.807) is 4.90 Å². The van der Waals surface area contributed by atoms with Crippen molar-refractivity contribution in [2.24, 2.45) is 11.8 Å². The molecule has 5 nitrogen and oxygen atoms in total. The molecular weight excluding hydrogens is 270 g/mol. The molecule has 1 saturated carbocycles. The zero-order chi connectivity index (χ0) is 14.8. The quantitative estimate of drug-likeness (QED) is 0.904. The third kappa shape index (κ3) is 3.24. The zero-order valence-corrected chi connectivity index (χ0v) is 11.8. The summed E-state index contributed by atoms with van der Waals surface area (Å²) in [5, 5.41) is 8.92. The maximum absolute atomic E-state index is 12.3. The Balaban J connectivity index is 1.56. The van der Waals surface area contributed by atoms with E-state index in [4.69, 9.17) is 9.84 Å². The Morgan fingerprint density at radius 1 is 1.24 bits per heavy atom. The molecule has 2 fully saturated rings. The Morgan fingerprint density at radius 2 is 2.00 bits per heavy atom. The second-order valence-corrected chi connectivity index (χ2v) is 5.75. The van der Waals surface area contributed by atoms with Gasteiger partial charge in [0.1, 0.15) is 0 Å². The zero-order valence-electron chi connectivity index (χ0n) is 11.8. The SMILES string of the molecule is O=C(O)C1CC1C(=O)N1CCOC(Cc2ccccc2)C1. The van der Waals surface area contributed by atoms with Gasteiger partial charge in [0.2, 0.25) is 5.91 Å². The molecule has 21 heavy (non-hydrogen) atoms. The molecule has 1 amide bonds. The normalized spacial score (nSPS) is 28.2. The highest BCUT2D eigenvalue weighted by atomic mass is 16.5. The maximum atomic E-state index is 12.3. The van der Waals surface area contributed by atoms with Crippen LogP contribution < -0.4 is 0 Å². The fourth-order valence-corrected chi connectivity index (χ4v) is 2.90. The number of rotatable bonds is 4. The van der Waals surface area contributed by atoms with Crippen molar-refractivity contribution < 1.29 is 19.4 Å². The molecule has 5 heteroatoms. The monoisotopic (exact) mass is 289 g/mol. The van der Waals surface area contributed by atoms with Crippen LogP contribution in [-0.2, 0) is 20.7 Å². The first-order valence-corrected chi connectivity index (χ1v) is 7.32. The molecule has 0 aromatic heterocycles. The number of carboxylic acid groups (broad SMARTS) is 1. The Labute approximate surface area is 123 Å². The van der Waals surface area contributed by atoms with Gasteiger partial charge >= 0.3 is 5.97 Å². The standard InChI is InChI=1S/C16H19NO4/c18-15(13-9-14(13)16(19)20)17-6-7-21-12(10-17)8-11-4-2-1-3-5-11/h1-5,12-14H,6-10H2,(H,19,20). The van der Waals surface area contributed by atoms with Crippen LogP contribution in [0.5, 0.6) is 0 Å².